The average molecular weight is 846 g/mol. The quantitative estimate of drug-likeness (QED) is 0.0433. The number of hydrogen-bond donors (Lipinski definition) is 5. The molecule has 0 radical (unpaired) electrons. The second-order valence-electron chi connectivity index (χ2n) is 16.3. The third kappa shape index (κ3) is 17.4. The van der Waals surface area contributed by atoms with Gasteiger partial charge >= 0.3 is 24.0 Å². The first kappa shape index (κ1) is 52.5. The largest absolute Gasteiger partial charge is 0.467 e. The molecule has 0 fully saturated rings. The number of benzene rings is 1. The molecule has 336 valence electrons. The zero-order valence-corrected chi connectivity index (χ0v) is 37.1. The summed E-state index contributed by atoms with van der Waals surface area (Å²) in [6.45, 7) is 20.0. The van der Waals surface area contributed by atoms with E-state index in [1.54, 1.807) is 86.6 Å². The van der Waals surface area contributed by atoms with Crippen molar-refractivity contribution >= 4 is 47.6 Å². The molecule has 6 atom stereocenters. The molecule has 1 aromatic carbocycles. The first-order chi connectivity index (χ1) is 28.0. The molecule has 60 heavy (non-hydrogen) atoms. The standard InChI is InChI=1S/C43H67N5O12/c1-13-23-58-40(55)43(22-21-32(49)60-42(9,10)11,39(54)45-30(15-3)35(50)46-34(28(8)14-2)38(53)57-12)48-36(51)31(24-26(4)5)44-37(52)33(27(6)7)47-41(56)59-25-29-19-17-16-18-20-29/h13,16-20,26-28,30-31,33-34H,1,14-15,21-25H2,2-12H3,(H,44,52)(H,45,54)(H,46,50)(H,47,56)(H,48,51)/t28-,30-,31-,33-,34-,43?/m0/s1. The number of ether oxygens (including phenoxy) is 4. The van der Waals surface area contributed by atoms with Gasteiger partial charge < -0.3 is 45.5 Å². The molecule has 0 aromatic heterocycles. The van der Waals surface area contributed by atoms with E-state index >= 15 is 0 Å². The van der Waals surface area contributed by atoms with Crippen LogP contribution in [0.4, 0.5) is 4.79 Å². The zero-order valence-electron chi connectivity index (χ0n) is 37.1. The van der Waals surface area contributed by atoms with Gasteiger partial charge in [0.25, 0.3) is 5.91 Å². The van der Waals surface area contributed by atoms with Crippen LogP contribution >= 0.6 is 0 Å². The van der Waals surface area contributed by atoms with Crippen molar-refractivity contribution in [3.63, 3.8) is 0 Å². The molecule has 17 heteroatoms. The van der Waals surface area contributed by atoms with Gasteiger partial charge in [0, 0.05) is 12.8 Å². The van der Waals surface area contributed by atoms with Crippen LogP contribution in [0.3, 0.4) is 0 Å². The molecule has 17 nitrogen and oxygen atoms in total. The lowest BCUT2D eigenvalue weighted by atomic mass is 9.89. The van der Waals surface area contributed by atoms with Crippen molar-refractivity contribution < 1.29 is 57.3 Å². The number of hydrogen-bond acceptors (Lipinski definition) is 12. The van der Waals surface area contributed by atoms with E-state index in [4.69, 9.17) is 18.9 Å². The topological polar surface area (TPSA) is 234 Å². The van der Waals surface area contributed by atoms with Crippen molar-refractivity contribution in [2.45, 2.75) is 143 Å². The zero-order chi connectivity index (χ0) is 45.8. The Bertz CT molecular complexity index is 1630. The molecule has 0 aliphatic rings. The second kappa shape index (κ2) is 25.2. The summed E-state index contributed by atoms with van der Waals surface area (Å²) in [5.74, 6) is -7.66. The van der Waals surface area contributed by atoms with Gasteiger partial charge in [-0.15, -0.1) is 0 Å². The molecule has 0 saturated heterocycles. The van der Waals surface area contributed by atoms with Crippen molar-refractivity contribution in [1.29, 1.82) is 0 Å². The minimum absolute atomic E-state index is 0.00314. The lowest BCUT2D eigenvalue weighted by Gasteiger charge is -2.35. The highest BCUT2D eigenvalue weighted by molar-refractivity contribution is 6.12. The predicted octanol–water partition coefficient (Wildman–Crippen LogP) is 3.77. The highest BCUT2D eigenvalue weighted by Crippen LogP contribution is 2.22. The predicted molar refractivity (Wildman–Crippen MR) is 223 cm³/mol. The molecule has 5 amide bonds. The lowest BCUT2D eigenvalue weighted by molar-refractivity contribution is -0.161. The first-order valence-electron chi connectivity index (χ1n) is 20.3. The van der Waals surface area contributed by atoms with Crippen molar-refractivity contribution in [2.24, 2.45) is 17.8 Å². The Morgan fingerprint density at radius 1 is 0.767 bits per heavy atom. The molecule has 0 aliphatic carbocycles. The number of rotatable bonds is 24. The van der Waals surface area contributed by atoms with Gasteiger partial charge in [-0.3, -0.25) is 24.0 Å². The summed E-state index contributed by atoms with van der Waals surface area (Å²) in [6, 6.07) is 3.91. The van der Waals surface area contributed by atoms with Gasteiger partial charge in [0.2, 0.25) is 23.3 Å². The Morgan fingerprint density at radius 2 is 1.40 bits per heavy atom. The Kier molecular flexibility index (Phi) is 22.1. The van der Waals surface area contributed by atoms with E-state index in [-0.39, 0.29) is 31.3 Å². The maximum Gasteiger partial charge on any atom is 0.408 e. The molecule has 0 heterocycles. The molecule has 0 saturated carbocycles. The van der Waals surface area contributed by atoms with E-state index < -0.39 is 108 Å². The fourth-order valence-corrected chi connectivity index (χ4v) is 5.79. The molecule has 0 bridgehead atoms. The Hall–Kier alpha value is -5.48. The van der Waals surface area contributed by atoms with Crippen LogP contribution in [0.25, 0.3) is 0 Å². The van der Waals surface area contributed by atoms with Gasteiger partial charge in [-0.25, -0.2) is 14.4 Å². The molecule has 0 spiro atoms. The molecular formula is C43H67N5O12. The minimum atomic E-state index is -2.68. The van der Waals surface area contributed by atoms with Gasteiger partial charge in [0.1, 0.15) is 43.0 Å². The third-order valence-electron chi connectivity index (χ3n) is 9.30. The summed E-state index contributed by atoms with van der Waals surface area (Å²) in [4.78, 5) is 109. The summed E-state index contributed by atoms with van der Waals surface area (Å²) in [6.07, 6.45) is -0.468. The van der Waals surface area contributed by atoms with E-state index in [0.717, 1.165) is 5.56 Å². The van der Waals surface area contributed by atoms with Crippen molar-refractivity contribution in [2.75, 3.05) is 13.7 Å². The number of methoxy groups -OCH3 is 1. The van der Waals surface area contributed by atoms with Gasteiger partial charge in [-0.2, -0.15) is 0 Å². The van der Waals surface area contributed by atoms with Gasteiger partial charge in [0.15, 0.2) is 0 Å². The number of nitrogens with one attached hydrogen (secondary N) is 5. The lowest BCUT2D eigenvalue weighted by Crippen LogP contribution is -2.69. The Morgan fingerprint density at radius 3 is 1.92 bits per heavy atom. The van der Waals surface area contributed by atoms with E-state index in [1.165, 1.54) is 13.2 Å². The molecule has 1 aromatic rings. The van der Waals surface area contributed by atoms with E-state index in [1.807, 2.05) is 13.0 Å². The van der Waals surface area contributed by atoms with E-state index in [9.17, 15) is 38.4 Å². The number of alkyl carbamates (subject to hydrolysis) is 1. The van der Waals surface area contributed by atoms with Crippen molar-refractivity contribution in [3.8, 4) is 0 Å². The summed E-state index contributed by atoms with van der Waals surface area (Å²) in [5, 5.41) is 12.8. The van der Waals surface area contributed by atoms with Crippen LogP contribution < -0.4 is 26.6 Å². The fraction of sp³-hybridized carbons (Fsp3) is 0.628. The molecular weight excluding hydrogens is 778 g/mol. The summed E-state index contributed by atoms with van der Waals surface area (Å²) < 4.78 is 21.0. The summed E-state index contributed by atoms with van der Waals surface area (Å²) in [7, 11) is 1.18. The van der Waals surface area contributed by atoms with Gasteiger partial charge in [0.05, 0.1) is 7.11 Å². The first-order valence-corrected chi connectivity index (χ1v) is 20.3. The maximum absolute atomic E-state index is 14.6. The van der Waals surface area contributed by atoms with Crippen molar-refractivity contribution in [1.82, 2.24) is 26.6 Å². The Balaban J connectivity index is 3.68. The van der Waals surface area contributed by atoms with Gasteiger partial charge in [-0.1, -0.05) is 97.9 Å². The highest BCUT2D eigenvalue weighted by Gasteiger charge is 2.51. The fourth-order valence-electron chi connectivity index (χ4n) is 5.79. The summed E-state index contributed by atoms with van der Waals surface area (Å²) >= 11 is 0. The minimum Gasteiger partial charge on any atom is -0.467 e. The van der Waals surface area contributed by atoms with Crippen LogP contribution in [-0.2, 0) is 59.1 Å². The number of amides is 5. The van der Waals surface area contributed by atoms with E-state index in [0.29, 0.717) is 6.42 Å². The van der Waals surface area contributed by atoms with Crippen LogP contribution in [-0.4, -0.2) is 96.7 Å². The summed E-state index contributed by atoms with van der Waals surface area (Å²) in [5.41, 5.74) is -2.91. The number of carbonyl (C=O) groups excluding carboxylic acids is 8. The number of esters is 3. The van der Waals surface area contributed by atoms with Gasteiger partial charge in [-0.05, 0) is 56.9 Å². The smallest absolute Gasteiger partial charge is 0.408 e. The SMILES string of the molecule is C=CCOC(=O)C(CCC(=O)OC(C)(C)C)(NC(=O)[C@H](CC(C)C)NC(=O)[C@@H](NC(=O)OCc1ccccc1)C(C)C)C(=O)N[C@@H](CC)C(=O)N[C@H](C(=O)OC)[C@@H](C)CC. The third-order valence-corrected chi connectivity index (χ3v) is 9.30. The van der Waals surface area contributed by atoms with Crippen LogP contribution in [0.15, 0.2) is 43.0 Å². The number of carbonyl (C=O) groups is 8. The molecule has 5 N–H and O–H groups in total. The van der Waals surface area contributed by atoms with Crippen LogP contribution in [0, 0.1) is 17.8 Å². The second-order valence-corrected chi connectivity index (χ2v) is 16.3. The average Bonchev–Trinajstić information content (AvgIpc) is 3.18. The normalized spacial score (nSPS) is 14.8. The monoisotopic (exact) mass is 845 g/mol. The molecule has 1 rings (SSSR count). The maximum atomic E-state index is 14.6. The Labute approximate surface area is 354 Å². The van der Waals surface area contributed by atoms with Crippen LogP contribution in [0.5, 0.6) is 0 Å². The highest BCUT2D eigenvalue weighted by atomic mass is 16.6. The molecule has 0 aliphatic heterocycles. The van der Waals surface area contributed by atoms with Crippen LogP contribution in [0.2, 0.25) is 0 Å². The van der Waals surface area contributed by atoms with E-state index in [2.05, 4.69) is 33.2 Å². The van der Waals surface area contributed by atoms with Crippen LogP contribution in [0.1, 0.15) is 107 Å². The molecule has 1 unspecified atom stereocenters. The van der Waals surface area contributed by atoms with Crippen molar-refractivity contribution in [3.05, 3.63) is 48.6 Å².